The van der Waals surface area contributed by atoms with Gasteiger partial charge in [0.1, 0.15) is 12.2 Å². The van der Waals surface area contributed by atoms with Crippen molar-refractivity contribution >= 4 is 0 Å². The van der Waals surface area contributed by atoms with Gasteiger partial charge in [-0.1, -0.05) is 6.42 Å². The first-order valence-electron chi connectivity index (χ1n) is 4.92. The first-order valence-corrected chi connectivity index (χ1v) is 4.92. The quantitative estimate of drug-likeness (QED) is 0.720. The first-order chi connectivity index (χ1) is 6.36. The highest BCUT2D eigenvalue weighted by Gasteiger charge is 2.14. The van der Waals surface area contributed by atoms with E-state index in [4.69, 9.17) is 0 Å². The van der Waals surface area contributed by atoms with Gasteiger partial charge in [-0.3, -0.25) is 0 Å². The predicted molar refractivity (Wildman–Crippen MR) is 50.3 cm³/mol. The van der Waals surface area contributed by atoms with E-state index in [0.717, 1.165) is 18.8 Å². The highest BCUT2D eigenvalue weighted by atomic mass is 15.2. The lowest BCUT2D eigenvalue weighted by Gasteiger charge is -2.22. The number of hydrogen-bond acceptors (Lipinski definition) is 3. The Hall–Kier alpha value is -0.900. The van der Waals surface area contributed by atoms with Crippen LogP contribution in [-0.4, -0.2) is 27.4 Å². The van der Waals surface area contributed by atoms with Gasteiger partial charge in [0.2, 0.25) is 0 Å². The molecule has 0 amide bonds. The molecule has 2 rings (SSSR count). The normalized spacial score (nSPS) is 23.3. The molecule has 1 saturated heterocycles. The van der Waals surface area contributed by atoms with Gasteiger partial charge in [0, 0.05) is 19.5 Å². The molecule has 4 heteroatoms. The third kappa shape index (κ3) is 2.06. The average molecular weight is 180 g/mol. The lowest BCUT2D eigenvalue weighted by Crippen LogP contribution is -2.36. The van der Waals surface area contributed by atoms with Crippen LogP contribution in [0.25, 0.3) is 0 Å². The maximum atomic E-state index is 4.08. The van der Waals surface area contributed by atoms with Crippen molar-refractivity contribution in [1.82, 2.24) is 20.1 Å². The van der Waals surface area contributed by atoms with E-state index >= 15 is 0 Å². The summed E-state index contributed by atoms with van der Waals surface area (Å²) in [6.07, 6.45) is 6.70. The molecule has 1 aromatic rings. The minimum Gasteiger partial charge on any atom is -0.321 e. The molecule has 1 fully saturated rings. The lowest BCUT2D eigenvalue weighted by atomic mass is 10.0. The van der Waals surface area contributed by atoms with E-state index < -0.39 is 0 Å². The Bertz CT molecular complexity index is 262. The highest BCUT2D eigenvalue weighted by molar-refractivity contribution is 4.90. The van der Waals surface area contributed by atoms with Gasteiger partial charge in [-0.2, -0.15) is 0 Å². The summed E-state index contributed by atoms with van der Waals surface area (Å²) in [4.78, 5) is 0. The van der Waals surface area contributed by atoms with E-state index in [9.17, 15) is 0 Å². The number of piperidine rings is 1. The van der Waals surface area contributed by atoms with Gasteiger partial charge in [0.15, 0.2) is 0 Å². The topological polar surface area (TPSA) is 42.7 Å². The van der Waals surface area contributed by atoms with Gasteiger partial charge < -0.3 is 9.88 Å². The van der Waals surface area contributed by atoms with Gasteiger partial charge in [-0.25, -0.2) is 0 Å². The summed E-state index contributed by atoms with van der Waals surface area (Å²) in [6, 6.07) is 0.608. The molecule has 0 aliphatic carbocycles. The number of aryl methyl sites for hydroxylation is 1. The van der Waals surface area contributed by atoms with Crippen LogP contribution in [0, 0.1) is 0 Å². The summed E-state index contributed by atoms with van der Waals surface area (Å²) in [7, 11) is 2.00. The zero-order chi connectivity index (χ0) is 9.10. The van der Waals surface area contributed by atoms with Crippen LogP contribution in [0.4, 0.5) is 0 Å². The maximum absolute atomic E-state index is 4.08. The Kier molecular flexibility index (Phi) is 2.59. The molecule has 4 nitrogen and oxygen atoms in total. The third-order valence-electron chi connectivity index (χ3n) is 2.65. The molecule has 0 saturated carbocycles. The first kappa shape index (κ1) is 8.69. The van der Waals surface area contributed by atoms with Crippen LogP contribution in [0.15, 0.2) is 6.33 Å². The highest BCUT2D eigenvalue weighted by Crippen LogP contribution is 2.10. The van der Waals surface area contributed by atoms with E-state index in [1.54, 1.807) is 6.33 Å². The van der Waals surface area contributed by atoms with Crippen molar-refractivity contribution in [2.24, 2.45) is 7.05 Å². The molecular weight excluding hydrogens is 164 g/mol. The molecule has 2 heterocycles. The molecule has 0 spiro atoms. The van der Waals surface area contributed by atoms with Gasteiger partial charge in [-0.05, 0) is 19.4 Å². The monoisotopic (exact) mass is 180 g/mol. The summed E-state index contributed by atoms with van der Waals surface area (Å²) < 4.78 is 2.00. The molecule has 13 heavy (non-hydrogen) atoms. The van der Waals surface area contributed by atoms with Crippen molar-refractivity contribution in [2.75, 3.05) is 6.54 Å². The molecule has 1 aliphatic heterocycles. The number of rotatable bonds is 2. The molecule has 0 aromatic carbocycles. The molecule has 1 aliphatic rings. The van der Waals surface area contributed by atoms with Crippen LogP contribution in [0.1, 0.15) is 25.1 Å². The zero-order valence-corrected chi connectivity index (χ0v) is 8.03. The van der Waals surface area contributed by atoms with Crippen molar-refractivity contribution in [2.45, 2.75) is 31.7 Å². The second kappa shape index (κ2) is 3.87. The minimum atomic E-state index is 0.608. The van der Waals surface area contributed by atoms with Gasteiger partial charge in [0.05, 0.1) is 0 Å². The lowest BCUT2D eigenvalue weighted by molar-refractivity contribution is 0.391. The fourth-order valence-electron chi connectivity index (χ4n) is 1.81. The summed E-state index contributed by atoms with van der Waals surface area (Å²) in [5, 5.41) is 11.5. The minimum absolute atomic E-state index is 0.608. The van der Waals surface area contributed by atoms with E-state index in [-0.39, 0.29) is 0 Å². The van der Waals surface area contributed by atoms with Crippen molar-refractivity contribution in [3.8, 4) is 0 Å². The Morgan fingerprint density at radius 3 is 3.15 bits per heavy atom. The fraction of sp³-hybridized carbons (Fsp3) is 0.778. The van der Waals surface area contributed by atoms with E-state index in [0.29, 0.717) is 6.04 Å². The van der Waals surface area contributed by atoms with Crippen LogP contribution in [0.2, 0.25) is 0 Å². The zero-order valence-electron chi connectivity index (χ0n) is 8.03. The van der Waals surface area contributed by atoms with E-state index in [1.807, 2.05) is 11.6 Å². The Morgan fingerprint density at radius 2 is 2.54 bits per heavy atom. The SMILES string of the molecule is Cn1cnnc1CC1CCCCN1. The third-order valence-corrected chi connectivity index (χ3v) is 2.65. The van der Waals surface area contributed by atoms with Crippen molar-refractivity contribution in [1.29, 1.82) is 0 Å². The van der Waals surface area contributed by atoms with Crippen molar-refractivity contribution in [3.63, 3.8) is 0 Å². The van der Waals surface area contributed by atoms with Crippen LogP contribution in [0.3, 0.4) is 0 Å². The Balaban J connectivity index is 1.93. The van der Waals surface area contributed by atoms with Gasteiger partial charge >= 0.3 is 0 Å². The molecule has 72 valence electrons. The predicted octanol–water partition coefficient (Wildman–Crippen LogP) is 0.500. The number of nitrogens with one attached hydrogen (secondary N) is 1. The molecule has 1 atom stereocenters. The molecule has 0 bridgehead atoms. The fourth-order valence-corrected chi connectivity index (χ4v) is 1.81. The van der Waals surface area contributed by atoms with Crippen molar-refractivity contribution < 1.29 is 0 Å². The van der Waals surface area contributed by atoms with Crippen LogP contribution in [0.5, 0.6) is 0 Å². The average Bonchev–Trinajstić information content (AvgIpc) is 2.54. The van der Waals surface area contributed by atoms with Gasteiger partial charge in [0.25, 0.3) is 0 Å². The van der Waals surface area contributed by atoms with Crippen LogP contribution >= 0.6 is 0 Å². The summed E-state index contributed by atoms with van der Waals surface area (Å²) in [5.74, 6) is 1.08. The molecular formula is C9H16N4. The second-order valence-corrected chi connectivity index (χ2v) is 3.71. The molecule has 1 aromatic heterocycles. The van der Waals surface area contributed by atoms with Crippen molar-refractivity contribution in [3.05, 3.63) is 12.2 Å². The second-order valence-electron chi connectivity index (χ2n) is 3.71. The largest absolute Gasteiger partial charge is 0.321 e. The number of nitrogens with zero attached hydrogens (tertiary/aromatic N) is 3. The number of aromatic nitrogens is 3. The standard InChI is InChI=1S/C9H16N4/c1-13-7-11-12-9(13)6-8-4-2-3-5-10-8/h7-8,10H,2-6H2,1H3. The number of hydrogen-bond donors (Lipinski definition) is 1. The Morgan fingerprint density at radius 1 is 1.62 bits per heavy atom. The van der Waals surface area contributed by atoms with Crippen LogP contribution < -0.4 is 5.32 Å². The summed E-state index contributed by atoms with van der Waals surface area (Å²) >= 11 is 0. The molecule has 1 N–H and O–H groups in total. The molecule has 1 unspecified atom stereocenters. The summed E-state index contributed by atoms with van der Waals surface area (Å²) in [5.41, 5.74) is 0. The Labute approximate surface area is 78.4 Å². The van der Waals surface area contributed by atoms with Crippen LogP contribution in [-0.2, 0) is 13.5 Å². The maximum Gasteiger partial charge on any atom is 0.134 e. The smallest absolute Gasteiger partial charge is 0.134 e. The van der Waals surface area contributed by atoms with Gasteiger partial charge in [-0.15, -0.1) is 10.2 Å². The van der Waals surface area contributed by atoms with E-state index in [2.05, 4.69) is 15.5 Å². The summed E-state index contributed by atoms with van der Waals surface area (Å²) in [6.45, 7) is 1.16. The van der Waals surface area contributed by atoms with E-state index in [1.165, 1.54) is 19.3 Å². The molecule has 0 radical (unpaired) electrons.